The van der Waals surface area contributed by atoms with E-state index in [1.807, 2.05) is 18.2 Å². The first-order valence-corrected chi connectivity index (χ1v) is 10.9. The fourth-order valence-electron chi connectivity index (χ4n) is 0.747. The fourth-order valence-corrected chi connectivity index (χ4v) is 1.16. The summed E-state index contributed by atoms with van der Waals surface area (Å²) in [5.74, 6) is 0.822. The molecule has 12 heavy (non-hydrogen) atoms. The molecule has 0 bridgehead atoms. The van der Waals surface area contributed by atoms with Gasteiger partial charge in [-0.25, -0.2) is 0 Å². The third kappa shape index (κ3) is 3.93. The molecule has 1 nitrogen and oxygen atoms in total. The van der Waals surface area contributed by atoms with Crippen LogP contribution >= 0.6 is 29.6 Å². The SMILES string of the molecule is [CH2-]c1cc(Br)ccc1OC.[Zn+][Br]. The molecule has 0 N–H and O–H groups in total. The molecule has 0 aliphatic heterocycles. The monoisotopic (exact) mass is 342 g/mol. The molecule has 0 unspecified atom stereocenters. The van der Waals surface area contributed by atoms with Crippen LogP contribution in [0.4, 0.5) is 0 Å². The third-order valence-electron chi connectivity index (χ3n) is 1.24. The Labute approximate surface area is 98.0 Å². The van der Waals surface area contributed by atoms with E-state index in [9.17, 15) is 0 Å². The van der Waals surface area contributed by atoms with Gasteiger partial charge in [-0.15, -0.1) is 6.07 Å². The molecule has 0 radical (unpaired) electrons. The number of rotatable bonds is 1. The van der Waals surface area contributed by atoms with E-state index in [2.05, 4.69) is 36.5 Å². The molecule has 1 aromatic carbocycles. The molecule has 0 saturated carbocycles. The number of methoxy groups -OCH3 is 1. The third-order valence-corrected chi connectivity index (χ3v) is 1.74. The van der Waals surface area contributed by atoms with E-state index in [4.69, 9.17) is 4.74 Å². The van der Waals surface area contributed by atoms with E-state index in [0.29, 0.717) is 0 Å². The summed E-state index contributed by atoms with van der Waals surface area (Å²) in [6, 6.07) is 5.72. The van der Waals surface area contributed by atoms with Crippen LogP contribution in [0.5, 0.6) is 5.75 Å². The molecule has 0 saturated heterocycles. The molecule has 1 rings (SSSR count). The number of ether oxygens (including phenoxy) is 1. The van der Waals surface area contributed by atoms with Crippen molar-refractivity contribution < 1.29 is 21.1 Å². The fraction of sp³-hybridized carbons (Fsp3) is 0.125. The topological polar surface area (TPSA) is 9.23 Å². The molecule has 0 aromatic heterocycles. The summed E-state index contributed by atoms with van der Waals surface area (Å²) in [4.78, 5) is 0. The van der Waals surface area contributed by atoms with Gasteiger partial charge in [-0.05, 0) is 4.47 Å². The van der Waals surface area contributed by atoms with Gasteiger partial charge in [0.15, 0.2) is 0 Å². The Balaban J connectivity index is 0.000000561. The van der Waals surface area contributed by atoms with E-state index in [0.717, 1.165) is 15.8 Å². The first-order chi connectivity index (χ1) is 5.74. The molecule has 0 amide bonds. The van der Waals surface area contributed by atoms with Crippen LogP contribution in [0.25, 0.3) is 0 Å². The average molecular weight is 345 g/mol. The number of benzene rings is 1. The van der Waals surface area contributed by atoms with Crippen molar-refractivity contribution in [3.8, 4) is 5.75 Å². The van der Waals surface area contributed by atoms with Crippen LogP contribution in [-0.4, -0.2) is 7.11 Å². The summed E-state index contributed by atoms with van der Waals surface area (Å²) in [7, 11) is 1.64. The minimum absolute atomic E-state index is 0.822. The zero-order valence-corrected chi connectivity index (χ0v) is 12.9. The molecule has 0 spiro atoms. The number of hydrogen-bond acceptors (Lipinski definition) is 1. The Hall–Kier alpha value is 0.473. The molecular weight excluding hydrogens is 337 g/mol. The number of hydrogen-bond donors (Lipinski definition) is 0. The summed E-state index contributed by atoms with van der Waals surface area (Å²) in [5.41, 5.74) is 0.900. The van der Waals surface area contributed by atoms with E-state index < -0.39 is 0 Å². The maximum absolute atomic E-state index is 5.02. The Kier molecular flexibility index (Phi) is 7.21. The summed E-state index contributed by atoms with van der Waals surface area (Å²) in [5, 5.41) is 0. The van der Waals surface area contributed by atoms with Crippen LogP contribution in [0.1, 0.15) is 5.56 Å². The normalized spacial score (nSPS) is 8.42. The van der Waals surface area contributed by atoms with E-state index in [1.165, 1.54) is 16.3 Å². The molecule has 0 aliphatic carbocycles. The zero-order valence-electron chi connectivity index (χ0n) is 6.81. The first kappa shape index (κ1) is 12.5. The van der Waals surface area contributed by atoms with E-state index >= 15 is 0 Å². The second kappa shape index (κ2) is 6.93. The zero-order chi connectivity index (χ0) is 9.56. The quantitative estimate of drug-likeness (QED) is 0.559. The first-order valence-electron chi connectivity index (χ1n) is 3.16. The molecule has 0 aliphatic rings. The van der Waals surface area contributed by atoms with Gasteiger partial charge in [-0.1, -0.05) is 28.1 Å². The van der Waals surface area contributed by atoms with Gasteiger partial charge in [0, 0.05) is 5.75 Å². The van der Waals surface area contributed by atoms with Crippen molar-refractivity contribution in [3.05, 3.63) is 35.2 Å². The van der Waals surface area contributed by atoms with Crippen molar-refractivity contribution in [1.82, 2.24) is 0 Å². The van der Waals surface area contributed by atoms with Gasteiger partial charge in [0.05, 0.1) is 7.11 Å². The molecule has 4 heteroatoms. The second-order valence-electron chi connectivity index (χ2n) is 1.96. The van der Waals surface area contributed by atoms with Crippen LogP contribution in [0.2, 0.25) is 0 Å². The number of halogens is 2. The van der Waals surface area contributed by atoms with Gasteiger partial charge in [-0.3, -0.25) is 0 Å². The van der Waals surface area contributed by atoms with Crippen molar-refractivity contribution >= 4 is 29.6 Å². The van der Waals surface area contributed by atoms with Crippen LogP contribution in [0.15, 0.2) is 22.7 Å². The predicted octanol–water partition coefficient (Wildman–Crippen LogP) is 3.48. The second-order valence-corrected chi connectivity index (χ2v) is 2.87. The Bertz CT molecular complexity index is 240. The minimum atomic E-state index is 0.822. The Morgan fingerprint density at radius 3 is 2.42 bits per heavy atom. The molecular formula is C8H8Br2OZn. The molecule has 1 aromatic rings. The summed E-state index contributed by atoms with van der Waals surface area (Å²) in [6.45, 7) is 3.80. The molecule has 0 fully saturated rings. The van der Waals surface area contributed by atoms with Crippen molar-refractivity contribution in [1.29, 1.82) is 0 Å². The Morgan fingerprint density at radius 1 is 1.42 bits per heavy atom. The van der Waals surface area contributed by atoms with Gasteiger partial charge in [0.2, 0.25) is 0 Å². The van der Waals surface area contributed by atoms with Crippen LogP contribution < -0.4 is 4.74 Å². The van der Waals surface area contributed by atoms with Gasteiger partial charge in [0.1, 0.15) is 0 Å². The van der Waals surface area contributed by atoms with Crippen molar-refractivity contribution in [2.45, 2.75) is 0 Å². The van der Waals surface area contributed by atoms with E-state index in [1.54, 1.807) is 7.11 Å². The standard InChI is InChI=1S/C8H8BrO.BrH.Zn/c1-6-5-7(9)3-4-8(6)10-2;;/h3-5H,1H2,2H3;1H;/q-1;;+2/p-1. The average Bonchev–Trinajstić information content (AvgIpc) is 2.08. The van der Waals surface area contributed by atoms with Gasteiger partial charge in [-0.2, -0.15) is 12.5 Å². The van der Waals surface area contributed by atoms with Crippen molar-refractivity contribution in [3.63, 3.8) is 0 Å². The van der Waals surface area contributed by atoms with Gasteiger partial charge < -0.3 is 4.74 Å². The summed E-state index contributed by atoms with van der Waals surface area (Å²) >= 11 is 7.58. The van der Waals surface area contributed by atoms with Crippen LogP contribution in [0, 0.1) is 6.92 Å². The van der Waals surface area contributed by atoms with E-state index in [-0.39, 0.29) is 0 Å². The predicted molar refractivity (Wildman–Crippen MR) is 54.1 cm³/mol. The van der Waals surface area contributed by atoms with Crippen LogP contribution in [0.3, 0.4) is 0 Å². The molecule has 0 heterocycles. The summed E-state index contributed by atoms with van der Waals surface area (Å²) in [6.07, 6.45) is 0. The molecule has 62 valence electrons. The van der Waals surface area contributed by atoms with Crippen molar-refractivity contribution in [2.24, 2.45) is 0 Å². The maximum atomic E-state index is 5.02. The Morgan fingerprint density at radius 2 is 2.00 bits per heavy atom. The van der Waals surface area contributed by atoms with Crippen LogP contribution in [-0.2, 0) is 16.3 Å². The van der Waals surface area contributed by atoms with Gasteiger partial charge in [0.25, 0.3) is 0 Å². The van der Waals surface area contributed by atoms with Gasteiger partial charge >= 0.3 is 30.0 Å². The molecule has 0 atom stereocenters. The van der Waals surface area contributed by atoms with Crippen molar-refractivity contribution in [2.75, 3.05) is 7.11 Å². The summed E-state index contributed by atoms with van der Waals surface area (Å²) < 4.78 is 6.04.